The molecule has 2 nitrogen and oxygen atoms in total. The number of hydrogen-bond acceptors (Lipinski definition) is 4. The van der Waals surface area contributed by atoms with Gasteiger partial charge in [0, 0.05) is 33.5 Å². The Morgan fingerprint density at radius 1 is 0.520 bits per heavy atom. The SMILES string of the molecule is OC1=C(C2CCCCC2)C=C(C2CCCCC2)CC1CSC1CCCCCC[C@H]1SCc1cc(C2CCCCC2)cc(C2CCCCC2)c1O. The van der Waals surface area contributed by atoms with E-state index >= 15 is 0 Å². The molecule has 0 spiro atoms. The van der Waals surface area contributed by atoms with E-state index in [9.17, 15) is 10.2 Å². The van der Waals surface area contributed by atoms with Crippen LogP contribution in [0.4, 0.5) is 0 Å². The Labute approximate surface area is 314 Å². The van der Waals surface area contributed by atoms with Crippen LogP contribution in [-0.2, 0) is 5.75 Å². The lowest BCUT2D eigenvalue weighted by atomic mass is 9.73. The van der Waals surface area contributed by atoms with Crippen LogP contribution < -0.4 is 0 Å². The molecule has 5 fully saturated rings. The Kier molecular flexibility index (Phi) is 14.1. The molecule has 4 heteroatoms. The molecule has 278 valence electrons. The fourth-order valence-corrected chi connectivity index (χ4v) is 14.3. The van der Waals surface area contributed by atoms with Crippen LogP contribution in [0.3, 0.4) is 0 Å². The maximum atomic E-state index is 11.9. The predicted octanol–water partition coefficient (Wildman–Crippen LogP) is 14.5. The predicted molar refractivity (Wildman–Crippen MR) is 218 cm³/mol. The van der Waals surface area contributed by atoms with Crippen LogP contribution in [0, 0.1) is 17.8 Å². The molecule has 0 aliphatic heterocycles. The van der Waals surface area contributed by atoms with Gasteiger partial charge in [-0.25, -0.2) is 0 Å². The van der Waals surface area contributed by atoms with Crippen molar-refractivity contribution in [1.29, 1.82) is 0 Å². The zero-order valence-electron chi connectivity index (χ0n) is 31.5. The molecule has 1 aromatic rings. The number of thioether (sulfide) groups is 2. The van der Waals surface area contributed by atoms with Crippen molar-refractivity contribution in [3.8, 4) is 5.75 Å². The summed E-state index contributed by atoms with van der Waals surface area (Å²) >= 11 is 4.40. The van der Waals surface area contributed by atoms with Gasteiger partial charge in [0.2, 0.25) is 0 Å². The third-order valence-corrected chi connectivity index (χ3v) is 17.4. The van der Waals surface area contributed by atoms with Gasteiger partial charge in [-0.3, -0.25) is 0 Å². The highest BCUT2D eigenvalue weighted by atomic mass is 32.2. The van der Waals surface area contributed by atoms with Gasteiger partial charge in [0.25, 0.3) is 0 Å². The molecular weight excluding hydrogens is 649 g/mol. The molecule has 2 unspecified atom stereocenters. The van der Waals surface area contributed by atoms with Crippen LogP contribution in [0.15, 0.2) is 35.1 Å². The second-order valence-electron chi connectivity index (χ2n) is 17.6. The molecule has 0 bridgehead atoms. The van der Waals surface area contributed by atoms with Crippen LogP contribution in [0.5, 0.6) is 5.75 Å². The van der Waals surface area contributed by atoms with Crippen LogP contribution in [0.25, 0.3) is 0 Å². The van der Waals surface area contributed by atoms with E-state index in [0.717, 1.165) is 29.6 Å². The van der Waals surface area contributed by atoms with Crippen molar-refractivity contribution in [3.05, 3.63) is 51.8 Å². The third kappa shape index (κ3) is 9.56. The highest BCUT2D eigenvalue weighted by Gasteiger charge is 2.34. The van der Waals surface area contributed by atoms with E-state index in [4.69, 9.17) is 0 Å². The summed E-state index contributed by atoms with van der Waals surface area (Å²) in [5, 5.41) is 25.1. The first-order valence-corrected chi connectivity index (χ1v) is 24.0. The van der Waals surface area contributed by atoms with Gasteiger partial charge in [-0.1, -0.05) is 127 Å². The van der Waals surface area contributed by atoms with Crippen LogP contribution >= 0.6 is 23.5 Å². The number of benzene rings is 1. The second-order valence-corrected chi connectivity index (χ2v) is 20.1. The third-order valence-electron chi connectivity index (χ3n) is 14.1. The van der Waals surface area contributed by atoms with Crippen molar-refractivity contribution >= 4 is 23.5 Å². The molecule has 1 aromatic carbocycles. The summed E-state index contributed by atoms with van der Waals surface area (Å²) in [6, 6.07) is 4.91. The van der Waals surface area contributed by atoms with Crippen molar-refractivity contribution in [3.63, 3.8) is 0 Å². The van der Waals surface area contributed by atoms with Gasteiger partial charge in [0.15, 0.2) is 0 Å². The van der Waals surface area contributed by atoms with Crippen LogP contribution in [0.2, 0.25) is 0 Å². The number of phenols is 1. The Hall–Kier alpha value is -1.00. The number of allylic oxidation sites excluding steroid dienone is 4. The molecule has 6 aliphatic carbocycles. The summed E-state index contributed by atoms with van der Waals surface area (Å²) in [6.45, 7) is 0. The molecular formula is C46H70O2S2. The van der Waals surface area contributed by atoms with Crippen molar-refractivity contribution < 1.29 is 10.2 Å². The lowest BCUT2D eigenvalue weighted by molar-refractivity contribution is 0.297. The van der Waals surface area contributed by atoms with Gasteiger partial charge in [-0.2, -0.15) is 23.5 Å². The highest BCUT2D eigenvalue weighted by molar-refractivity contribution is 8.03. The molecule has 2 N–H and O–H groups in total. The van der Waals surface area contributed by atoms with E-state index in [1.807, 2.05) is 0 Å². The number of hydrogen-bond donors (Lipinski definition) is 2. The van der Waals surface area contributed by atoms with E-state index in [1.54, 1.807) is 5.57 Å². The monoisotopic (exact) mass is 718 g/mol. The topological polar surface area (TPSA) is 40.5 Å². The molecule has 0 amide bonds. The first kappa shape index (κ1) is 37.3. The largest absolute Gasteiger partial charge is 0.512 e. The van der Waals surface area contributed by atoms with Crippen molar-refractivity contribution in [1.82, 2.24) is 0 Å². The smallest absolute Gasteiger partial charge is 0.123 e. The quantitative estimate of drug-likeness (QED) is 0.253. The first-order valence-electron chi connectivity index (χ1n) is 21.9. The van der Waals surface area contributed by atoms with Gasteiger partial charge in [-0.15, -0.1) is 0 Å². The molecule has 5 saturated carbocycles. The fourth-order valence-electron chi connectivity index (χ4n) is 11.1. The molecule has 50 heavy (non-hydrogen) atoms. The summed E-state index contributed by atoms with van der Waals surface area (Å²) in [7, 11) is 0. The van der Waals surface area contributed by atoms with Gasteiger partial charge >= 0.3 is 0 Å². The first-order chi connectivity index (χ1) is 24.6. The number of aromatic hydroxyl groups is 1. The number of phenolic OH excluding ortho intramolecular Hbond substituents is 1. The van der Waals surface area contributed by atoms with Crippen LogP contribution in [0.1, 0.15) is 202 Å². The Balaban J connectivity index is 1.07. The molecule has 0 saturated heterocycles. The van der Waals surface area contributed by atoms with Crippen molar-refractivity contribution in [2.45, 2.75) is 201 Å². The molecule has 7 rings (SSSR count). The number of aliphatic hydroxyl groups is 1. The average Bonchev–Trinajstić information content (AvgIpc) is 3.16. The minimum Gasteiger partial charge on any atom is -0.512 e. The van der Waals surface area contributed by atoms with Crippen molar-refractivity contribution in [2.75, 3.05) is 5.75 Å². The van der Waals surface area contributed by atoms with Gasteiger partial charge in [0.1, 0.15) is 5.75 Å². The molecule has 0 radical (unpaired) electrons. The minimum atomic E-state index is 0.296. The van der Waals surface area contributed by atoms with E-state index in [1.165, 1.54) is 189 Å². The minimum absolute atomic E-state index is 0.296. The maximum absolute atomic E-state index is 11.9. The summed E-state index contributed by atoms with van der Waals surface area (Å²) in [5.74, 6) is 6.30. The van der Waals surface area contributed by atoms with E-state index < -0.39 is 0 Å². The Bertz CT molecular complexity index is 1280. The zero-order chi connectivity index (χ0) is 34.1. The molecule has 0 aromatic heterocycles. The highest BCUT2D eigenvalue weighted by Crippen LogP contribution is 2.47. The summed E-state index contributed by atoms with van der Waals surface area (Å²) in [4.78, 5) is 0. The summed E-state index contributed by atoms with van der Waals surface area (Å²) < 4.78 is 0. The zero-order valence-corrected chi connectivity index (χ0v) is 33.1. The normalized spacial score (nSPS) is 29.0. The maximum Gasteiger partial charge on any atom is 0.123 e. The standard InChI is InChI=1S/C46H70O2S2/c47-45-39(27-37(33-17-7-3-8-18-33)29-41(45)35-21-11-5-12-22-35)31-49-43-25-15-1-2-16-26-44(43)50-32-40-28-38(34-19-9-4-10-20-34)30-42(46(40)48)36-23-13-6-14-24-36/h27,29-30,33-36,40,43-44,47-48H,1-26,28,31-32H2/t40?,43-,44?/m1/s1. The Morgan fingerprint density at radius 2 is 1.02 bits per heavy atom. The van der Waals surface area contributed by atoms with Gasteiger partial charge in [0.05, 0.1) is 5.76 Å². The lowest BCUT2D eigenvalue weighted by Crippen LogP contribution is -2.26. The number of rotatable bonds is 10. The molecule has 3 atom stereocenters. The second kappa shape index (κ2) is 18.9. The Morgan fingerprint density at radius 3 is 1.64 bits per heavy atom. The van der Waals surface area contributed by atoms with Gasteiger partial charge < -0.3 is 10.2 Å². The summed E-state index contributed by atoms with van der Waals surface area (Å²) in [6.07, 6.45) is 38.4. The van der Waals surface area contributed by atoms with E-state index in [0.29, 0.717) is 39.9 Å². The number of aliphatic hydroxyl groups excluding tert-OH is 1. The fraction of sp³-hybridized carbons (Fsp3) is 0.783. The average molecular weight is 719 g/mol. The molecule has 0 heterocycles. The van der Waals surface area contributed by atoms with Gasteiger partial charge in [-0.05, 0) is 111 Å². The molecule has 6 aliphatic rings. The van der Waals surface area contributed by atoms with E-state index in [-0.39, 0.29) is 0 Å². The van der Waals surface area contributed by atoms with E-state index in [2.05, 4.69) is 41.7 Å². The summed E-state index contributed by atoms with van der Waals surface area (Å²) in [5.41, 5.74) is 7.11. The lowest BCUT2D eigenvalue weighted by Gasteiger charge is -2.35. The van der Waals surface area contributed by atoms with Crippen LogP contribution in [-0.4, -0.2) is 26.5 Å². The van der Waals surface area contributed by atoms with Crippen molar-refractivity contribution in [2.24, 2.45) is 17.8 Å².